The van der Waals surface area contributed by atoms with Crippen molar-refractivity contribution in [3.8, 4) is 5.75 Å². The SMILES string of the molecule is CC(N)Cc1ccccc1.NCCc1ccc(O)cc1. The summed E-state index contributed by atoms with van der Waals surface area (Å²) in [5.41, 5.74) is 13.4. The predicted octanol–water partition coefficient (Wildman–Crippen LogP) is 2.47. The van der Waals surface area contributed by atoms with Crippen LogP contribution in [0.25, 0.3) is 0 Å². The maximum absolute atomic E-state index is 8.89. The minimum absolute atomic E-state index is 0.266. The van der Waals surface area contributed by atoms with Crippen molar-refractivity contribution in [2.45, 2.75) is 25.8 Å². The van der Waals surface area contributed by atoms with Crippen LogP contribution in [0, 0.1) is 0 Å². The van der Waals surface area contributed by atoms with Crippen LogP contribution in [0.3, 0.4) is 0 Å². The van der Waals surface area contributed by atoms with E-state index >= 15 is 0 Å². The Kier molecular flexibility index (Phi) is 7.40. The normalized spacial score (nSPS) is 11.3. The van der Waals surface area contributed by atoms with Crippen LogP contribution in [-0.2, 0) is 12.8 Å². The Hall–Kier alpha value is -1.84. The highest BCUT2D eigenvalue weighted by Crippen LogP contribution is 2.09. The van der Waals surface area contributed by atoms with E-state index in [4.69, 9.17) is 16.6 Å². The Morgan fingerprint density at radius 3 is 2.05 bits per heavy atom. The van der Waals surface area contributed by atoms with Crippen molar-refractivity contribution in [1.29, 1.82) is 0 Å². The second kappa shape index (κ2) is 9.13. The quantitative estimate of drug-likeness (QED) is 0.800. The van der Waals surface area contributed by atoms with Crippen molar-refractivity contribution < 1.29 is 5.11 Å². The molecule has 0 radical (unpaired) electrons. The largest absolute Gasteiger partial charge is 0.508 e. The molecule has 20 heavy (non-hydrogen) atoms. The van der Waals surface area contributed by atoms with Crippen LogP contribution < -0.4 is 11.5 Å². The third kappa shape index (κ3) is 6.92. The summed E-state index contributed by atoms with van der Waals surface area (Å²) in [6.07, 6.45) is 1.85. The summed E-state index contributed by atoms with van der Waals surface area (Å²) in [6.45, 7) is 2.68. The van der Waals surface area contributed by atoms with Gasteiger partial charge in [0.2, 0.25) is 0 Å². The third-order valence-corrected chi connectivity index (χ3v) is 2.77. The molecular weight excluding hydrogens is 248 g/mol. The summed E-state index contributed by atoms with van der Waals surface area (Å²) in [6, 6.07) is 17.7. The Balaban J connectivity index is 0.000000200. The molecule has 108 valence electrons. The molecule has 2 rings (SSSR count). The lowest BCUT2D eigenvalue weighted by atomic mass is 10.1. The van der Waals surface area contributed by atoms with Crippen LogP contribution in [-0.4, -0.2) is 17.7 Å². The fourth-order valence-corrected chi connectivity index (χ4v) is 1.82. The molecule has 0 aromatic heterocycles. The molecular formula is C17H24N2O. The highest BCUT2D eigenvalue weighted by atomic mass is 16.3. The van der Waals surface area contributed by atoms with Gasteiger partial charge in [-0.05, 0) is 49.6 Å². The minimum atomic E-state index is 0.266. The highest BCUT2D eigenvalue weighted by Gasteiger charge is 1.94. The minimum Gasteiger partial charge on any atom is -0.508 e. The zero-order chi connectivity index (χ0) is 14.8. The first-order valence-corrected chi connectivity index (χ1v) is 6.89. The van der Waals surface area contributed by atoms with Gasteiger partial charge in [0.25, 0.3) is 0 Å². The van der Waals surface area contributed by atoms with Crippen LogP contribution in [0.2, 0.25) is 0 Å². The number of hydrogen-bond acceptors (Lipinski definition) is 3. The lowest BCUT2D eigenvalue weighted by Gasteiger charge is -2.02. The predicted molar refractivity (Wildman–Crippen MR) is 84.7 cm³/mol. The second-order valence-electron chi connectivity index (χ2n) is 4.87. The maximum atomic E-state index is 8.89. The van der Waals surface area contributed by atoms with Gasteiger partial charge in [-0.1, -0.05) is 42.5 Å². The molecule has 2 aromatic rings. The van der Waals surface area contributed by atoms with E-state index < -0.39 is 0 Å². The van der Waals surface area contributed by atoms with E-state index in [9.17, 15) is 0 Å². The van der Waals surface area contributed by atoms with Gasteiger partial charge in [0.15, 0.2) is 0 Å². The van der Waals surface area contributed by atoms with Crippen LogP contribution in [0.15, 0.2) is 54.6 Å². The molecule has 0 aliphatic heterocycles. The van der Waals surface area contributed by atoms with E-state index in [1.807, 2.05) is 37.3 Å². The molecule has 0 bridgehead atoms. The van der Waals surface area contributed by atoms with Crippen LogP contribution in [0.4, 0.5) is 0 Å². The summed E-state index contributed by atoms with van der Waals surface area (Å²) in [5, 5.41) is 8.89. The van der Waals surface area contributed by atoms with Gasteiger partial charge in [0.05, 0.1) is 0 Å². The van der Waals surface area contributed by atoms with Gasteiger partial charge >= 0.3 is 0 Å². The van der Waals surface area contributed by atoms with Gasteiger partial charge < -0.3 is 16.6 Å². The number of aromatic hydroxyl groups is 1. The smallest absolute Gasteiger partial charge is 0.115 e. The molecule has 0 spiro atoms. The summed E-state index contributed by atoms with van der Waals surface area (Å²) in [5.74, 6) is 0.306. The molecule has 3 heteroatoms. The van der Waals surface area contributed by atoms with E-state index in [1.165, 1.54) is 11.1 Å². The Labute approximate surface area is 121 Å². The van der Waals surface area contributed by atoms with Crippen molar-refractivity contribution in [2.75, 3.05) is 6.54 Å². The standard InChI is InChI=1S/C9H13N.C8H11NO/c1-8(10)7-9-5-3-2-4-6-9;9-6-5-7-1-3-8(10)4-2-7/h2-6,8H,7,10H2,1H3;1-4,10H,5-6,9H2. The second-order valence-corrected chi connectivity index (χ2v) is 4.87. The van der Waals surface area contributed by atoms with E-state index in [0.717, 1.165) is 12.8 Å². The van der Waals surface area contributed by atoms with Crippen molar-refractivity contribution >= 4 is 0 Å². The average molecular weight is 272 g/mol. The number of benzene rings is 2. The molecule has 0 amide bonds. The van der Waals surface area contributed by atoms with Gasteiger partial charge in [-0.15, -0.1) is 0 Å². The van der Waals surface area contributed by atoms with E-state index in [-0.39, 0.29) is 6.04 Å². The Morgan fingerprint density at radius 1 is 0.950 bits per heavy atom. The number of phenols is 1. The zero-order valence-electron chi connectivity index (χ0n) is 12.0. The van der Waals surface area contributed by atoms with Gasteiger partial charge in [0.1, 0.15) is 5.75 Å². The molecule has 5 N–H and O–H groups in total. The van der Waals surface area contributed by atoms with Crippen LogP contribution in [0.5, 0.6) is 5.75 Å². The summed E-state index contributed by atoms with van der Waals surface area (Å²) >= 11 is 0. The zero-order valence-corrected chi connectivity index (χ0v) is 12.0. The summed E-state index contributed by atoms with van der Waals surface area (Å²) in [4.78, 5) is 0. The number of nitrogens with two attached hydrogens (primary N) is 2. The average Bonchev–Trinajstić information content (AvgIpc) is 2.43. The van der Waals surface area contributed by atoms with Crippen LogP contribution in [0.1, 0.15) is 18.1 Å². The summed E-state index contributed by atoms with van der Waals surface area (Å²) in [7, 11) is 0. The lowest BCUT2D eigenvalue weighted by Crippen LogP contribution is -2.17. The molecule has 0 fully saturated rings. The lowest BCUT2D eigenvalue weighted by molar-refractivity contribution is 0.475. The fourth-order valence-electron chi connectivity index (χ4n) is 1.82. The van der Waals surface area contributed by atoms with E-state index in [2.05, 4.69) is 12.1 Å². The Morgan fingerprint density at radius 2 is 1.55 bits per heavy atom. The Bertz CT molecular complexity index is 466. The maximum Gasteiger partial charge on any atom is 0.115 e. The van der Waals surface area contributed by atoms with E-state index in [0.29, 0.717) is 12.3 Å². The fraction of sp³-hybridized carbons (Fsp3) is 0.294. The van der Waals surface area contributed by atoms with Gasteiger partial charge in [-0.25, -0.2) is 0 Å². The molecule has 1 atom stereocenters. The van der Waals surface area contributed by atoms with Gasteiger partial charge in [-0.3, -0.25) is 0 Å². The summed E-state index contributed by atoms with van der Waals surface area (Å²) < 4.78 is 0. The topological polar surface area (TPSA) is 72.3 Å². The van der Waals surface area contributed by atoms with Crippen molar-refractivity contribution in [2.24, 2.45) is 11.5 Å². The van der Waals surface area contributed by atoms with Gasteiger partial charge in [0, 0.05) is 6.04 Å². The number of phenolic OH excluding ortho intramolecular Hbond substituents is 1. The van der Waals surface area contributed by atoms with E-state index in [1.54, 1.807) is 12.1 Å². The number of rotatable bonds is 4. The van der Waals surface area contributed by atoms with Crippen molar-refractivity contribution in [3.63, 3.8) is 0 Å². The molecule has 0 heterocycles. The monoisotopic (exact) mass is 272 g/mol. The first-order valence-electron chi connectivity index (χ1n) is 6.89. The van der Waals surface area contributed by atoms with Crippen molar-refractivity contribution in [3.05, 3.63) is 65.7 Å². The molecule has 0 saturated carbocycles. The molecule has 0 saturated heterocycles. The van der Waals surface area contributed by atoms with Crippen molar-refractivity contribution in [1.82, 2.24) is 0 Å². The molecule has 0 aliphatic rings. The van der Waals surface area contributed by atoms with Gasteiger partial charge in [-0.2, -0.15) is 0 Å². The molecule has 2 aromatic carbocycles. The first-order chi connectivity index (χ1) is 9.61. The molecule has 1 unspecified atom stereocenters. The number of hydrogen-bond donors (Lipinski definition) is 3. The molecule has 3 nitrogen and oxygen atoms in total. The molecule has 0 aliphatic carbocycles. The van der Waals surface area contributed by atoms with Crippen LogP contribution >= 0.6 is 0 Å². The highest BCUT2D eigenvalue weighted by molar-refractivity contribution is 5.25. The third-order valence-electron chi connectivity index (χ3n) is 2.77. The first kappa shape index (κ1) is 16.2.